The van der Waals surface area contributed by atoms with Crippen molar-refractivity contribution >= 4 is 21.1 Å². The number of hydrogen-bond acceptors (Lipinski definition) is 4. The smallest absolute Gasteiger partial charge is 0.314 e. The van der Waals surface area contributed by atoms with E-state index < -0.39 is 21.1 Å². The van der Waals surface area contributed by atoms with Gasteiger partial charge in [0, 0.05) is 12.6 Å². The van der Waals surface area contributed by atoms with Gasteiger partial charge in [-0.1, -0.05) is 30.3 Å². The van der Waals surface area contributed by atoms with Crippen LogP contribution in [0.15, 0.2) is 63.0 Å². The summed E-state index contributed by atoms with van der Waals surface area (Å²) in [5, 5.41) is 0. The molecule has 0 saturated heterocycles. The van der Waals surface area contributed by atoms with Crippen molar-refractivity contribution in [2.45, 2.75) is 31.3 Å². The first-order chi connectivity index (χ1) is 12.3. The van der Waals surface area contributed by atoms with Crippen molar-refractivity contribution < 1.29 is 8.42 Å². The molecule has 136 valence electrons. The lowest BCUT2D eigenvalue weighted by atomic mass is 10.2. The van der Waals surface area contributed by atoms with Crippen molar-refractivity contribution in [1.82, 2.24) is 14.3 Å². The predicted molar refractivity (Wildman–Crippen MR) is 99.5 cm³/mol. The van der Waals surface area contributed by atoms with Crippen molar-refractivity contribution in [2.75, 3.05) is 0 Å². The van der Waals surface area contributed by atoms with Crippen LogP contribution in [0.3, 0.4) is 0 Å². The maximum atomic E-state index is 13.1. The molecule has 0 radical (unpaired) electrons. The minimum atomic E-state index is -3.79. The summed E-state index contributed by atoms with van der Waals surface area (Å²) in [5.41, 5.74) is -0.0897. The van der Waals surface area contributed by atoms with Gasteiger partial charge in [0.15, 0.2) is 0 Å². The zero-order chi connectivity index (χ0) is 18.9. The lowest BCUT2D eigenvalue weighted by Gasteiger charge is -2.26. The van der Waals surface area contributed by atoms with E-state index in [-0.39, 0.29) is 23.0 Å². The van der Waals surface area contributed by atoms with Crippen molar-refractivity contribution in [2.24, 2.45) is 0 Å². The van der Waals surface area contributed by atoms with Crippen LogP contribution in [0.2, 0.25) is 0 Å². The molecule has 0 atom stereocenters. The molecule has 8 heteroatoms. The van der Waals surface area contributed by atoms with Gasteiger partial charge in [-0.3, -0.25) is 9.59 Å². The van der Waals surface area contributed by atoms with Gasteiger partial charge in [-0.2, -0.15) is 4.31 Å². The van der Waals surface area contributed by atoms with E-state index in [9.17, 15) is 18.0 Å². The standard InChI is InChI=1S/C18H19N3O4S/c1-12(2)21(11-13-6-4-3-5-7-13)26(24,25)14-8-9-15-16(10-14)20-18(23)17(22)19-15/h3-10,12H,11H2,1-2H3,(H,19,22)(H,20,23). The Balaban J connectivity index is 2.07. The summed E-state index contributed by atoms with van der Waals surface area (Å²) in [6.45, 7) is 3.85. The summed E-state index contributed by atoms with van der Waals surface area (Å²) in [7, 11) is -3.79. The Morgan fingerprint density at radius 3 is 2.15 bits per heavy atom. The molecule has 0 fully saturated rings. The van der Waals surface area contributed by atoms with Crippen molar-refractivity contribution in [3.8, 4) is 0 Å². The number of rotatable bonds is 5. The van der Waals surface area contributed by atoms with Crippen LogP contribution in [0.5, 0.6) is 0 Å². The Labute approximate surface area is 150 Å². The van der Waals surface area contributed by atoms with Crippen LogP contribution < -0.4 is 11.1 Å². The molecule has 0 aliphatic carbocycles. The van der Waals surface area contributed by atoms with Gasteiger partial charge in [-0.25, -0.2) is 8.42 Å². The number of benzene rings is 2. The van der Waals surface area contributed by atoms with E-state index in [0.717, 1.165) is 5.56 Å². The monoisotopic (exact) mass is 373 g/mol. The summed E-state index contributed by atoms with van der Waals surface area (Å²) in [6, 6.07) is 13.3. The molecular formula is C18H19N3O4S. The minimum Gasteiger partial charge on any atom is -0.316 e. The molecule has 3 rings (SSSR count). The van der Waals surface area contributed by atoms with E-state index in [1.807, 2.05) is 30.3 Å². The van der Waals surface area contributed by atoms with Gasteiger partial charge in [0.2, 0.25) is 10.0 Å². The molecular weight excluding hydrogens is 354 g/mol. The van der Waals surface area contributed by atoms with Crippen LogP contribution in [0.25, 0.3) is 11.0 Å². The van der Waals surface area contributed by atoms with E-state index in [1.54, 1.807) is 13.8 Å². The number of fused-ring (bicyclic) bond motifs is 1. The third-order valence-electron chi connectivity index (χ3n) is 4.06. The van der Waals surface area contributed by atoms with Crippen LogP contribution in [-0.2, 0) is 16.6 Å². The summed E-state index contributed by atoms with van der Waals surface area (Å²) in [5.74, 6) is 0. The zero-order valence-corrected chi connectivity index (χ0v) is 15.2. The number of aromatic amines is 2. The van der Waals surface area contributed by atoms with Gasteiger partial charge in [-0.05, 0) is 37.6 Å². The fraction of sp³-hybridized carbons (Fsp3) is 0.222. The number of sulfonamides is 1. The van der Waals surface area contributed by atoms with E-state index in [2.05, 4.69) is 9.97 Å². The highest BCUT2D eigenvalue weighted by molar-refractivity contribution is 7.89. The third kappa shape index (κ3) is 3.47. The second-order valence-electron chi connectivity index (χ2n) is 6.25. The number of nitrogens with zero attached hydrogens (tertiary/aromatic N) is 1. The number of aromatic nitrogens is 2. The molecule has 0 saturated carbocycles. The van der Waals surface area contributed by atoms with Crippen molar-refractivity contribution in [3.05, 3.63) is 74.8 Å². The lowest BCUT2D eigenvalue weighted by molar-refractivity contribution is 0.348. The van der Waals surface area contributed by atoms with Gasteiger partial charge < -0.3 is 9.97 Å². The molecule has 0 bridgehead atoms. The number of H-pyrrole nitrogens is 2. The van der Waals surface area contributed by atoms with Crippen molar-refractivity contribution in [1.29, 1.82) is 0 Å². The van der Waals surface area contributed by atoms with Crippen LogP contribution in [0.1, 0.15) is 19.4 Å². The van der Waals surface area contributed by atoms with Gasteiger partial charge in [0.1, 0.15) is 0 Å². The second kappa shape index (κ2) is 6.89. The minimum absolute atomic E-state index is 0.0531. The number of nitrogens with one attached hydrogen (secondary N) is 2. The molecule has 7 nitrogen and oxygen atoms in total. The fourth-order valence-electron chi connectivity index (χ4n) is 2.70. The largest absolute Gasteiger partial charge is 0.316 e. The molecule has 1 aromatic heterocycles. The van der Waals surface area contributed by atoms with Crippen LogP contribution in [-0.4, -0.2) is 28.7 Å². The van der Waals surface area contributed by atoms with Crippen LogP contribution >= 0.6 is 0 Å². The van der Waals surface area contributed by atoms with E-state index >= 15 is 0 Å². The summed E-state index contributed by atoms with van der Waals surface area (Å²) >= 11 is 0. The average molecular weight is 373 g/mol. The van der Waals surface area contributed by atoms with Gasteiger partial charge >= 0.3 is 11.1 Å². The molecule has 2 N–H and O–H groups in total. The van der Waals surface area contributed by atoms with Gasteiger partial charge in [0.25, 0.3) is 0 Å². The molecule has 3 aromatic rings. The van der Waals surface area contributed by atoms with Crippen molar-refractivity contribution in [3.63, 3.8) is 0 Å². The molecule has 0 aliphatic rings. The number of hydrogen-bond donors (Lipinski definition) is 2. The van der Waals surface area contributed by atoms with Crippen LogP contribution in [0, 0.1) is 0 Å². The molecule has 0 unspecified atom stereocenters. The maximum Gasteiger partial charge on any atom is 0.314 e. The van der Waals surface area contributed by atoms with E-state index in [4.69, 9.17) is 0 Å². The summed E-state index contributed by atoms with van der Waals surface area (Å²) in [6.07, 6.45) is 0. The highest BCUT2D eigenvalue weighted by atomic mass is 32.2. The van der Waals surface area contributed by atoms with Crippen LogP contribution in [0.4, 0.5) is 0 Å². The zero-order valence-electron chi connectivity index (χ0n) is 14.4. The summed E-state index contributed by atoms with van der Waals surface area (Å²) < 4.78 is 27.7. The molecule has 1 heterocycles. The first-order valence-corrected chi connectivity index (χ1v) is 9.55. The Morgan fingerprint density at radius 2 is 1.54 bits per heavy atom. The maximum absolute atomic E-state index is 13.1. The molecule has 0 spiro atoms. The molecule has 0 amide bonds. The predicted octanol–water partition coefficient (Wildman–Crippen LogP) is 1.82. The quantitative estimate of drug-likeness (QED) is 0.666. The molecule has 2 aromatic carbocycles. The first-order valence-electron chi connectivity index (χ1n) is 8.11. The third-order valence-corrected chi connectivity index (χ3v) is 6.08. The topological polar surface area (TPSA) is 103 Å². The molecule has 0 aliphatic heterocycles. The van der Waals surface area contributed by atoms with E-state index in [1.165, 1.54) is 22.5 Å². The lowest BCUT2D eigenvalue weighted by Crippen LogP contribution is -2.36. The average Bonchev–Trinajstić information content (AvgIpc) is 2.60. The van der Waals surface area contributed by atoms with Gasteiger partial charge in [0.05, 0.1) is 15.9 Å². The Morgan fingerprint density at radius 1 is 0.923 bits per heavy atom. The van der Waals surface area contributed by atoms with E-state index in [0.29, 0.717) is 5.52 Å². The highest BCUT2D eigenvalue weighted by Crippen LogP contribution is 2.23. The Kier molecular flexibility index (Phi) is 4.80. The van der Waals surface area contributed by atoms with Gasteiger partial charge in [-0.15, -0.1) is 0 Å². The second-order valence-corrected chi connectivity index (χ2v) is 8.14. The Hall–Kier alpha value is -2.71. The SMILES string of the molecule is CC(C)N(Cc1ccccc1)S(=O)(=O)c1ccc2[nH]c(=O)c(=O)[nH]c2c1. The first kappa shape index (κ1) is 18.1. The molecule has 26 heavy (non-hydrogen) atoms. The normalized spacial score (nSPS) is 12.2. The fourth-order valence-corrected chi connectivity index (χ4v) is 4.35. The Bertz CT molecular complexity index is 1150. The summed E-state index contributed by atoms with van der Waals surface area (Å²) in [4.78, 5) is 27.8. The highest BCUT2D eigenvalue weighted by Gasteiger charge is 2.27.